The predicted octanol–water partition coefficient (Wildman–Crippen LogP) is 3.30. The molecule has 3 aromatic rings. The second-order valence-corrected chi connectivity index (χ2v) is 5.54. The lowest BCUT2D eigenvalue weighted by Gasteiger charge is -2.07. The van der Waals surface area contributed by atoms with Crippen LogP contribution in [0.5, 0.6) is 0 Å². The number of amides is 1. The SMILES string of the molecule is O=C(NCCc1ccc(CO)cc1)c1ccc2ccccc2c1. The number of benzene rings is 3. The molecule has 0 unspecified atom stereocenters. The standard InChI is InChI=1S/C20H19NO2/c22-14-16-7-5-15(6-8-16)11-12-21-20(23)19-10-9-17-3-1-2-4-18(17)13-19/h1-10,13,22H,11-12,14H2,(H,21,23). The summed E-state index contributed by atoms with van der Waals surface area (Å²) < 4.78 is 0. The molecule has 116 valence electrons. The minimum Gasteiger partial charge on any atom is -0.392 e. The van der Waals surface area contributed by atoms with Crippen molar-refractivity contribution in [1.82, 2.24) is 5.32 Å². The van der Waals surface area contributed by atoms with Gasteiger partial charge in [0.05, 0.1) is 6.61 Å². The van der Waals surface area contributed by atoms with Crippen LogP contribution in [-0.2, 0) is 13.0 Å². The maximum atomic E-state index is 12.2. The zero-order chi connectivity index (χ0) is 16.1. The second kappa shape index (κ2) is 7.07. The third kappa shape index (κ3) is 3.76. The molecule has 23 heavy (non-hydrogen) atoms. The Balaban J connectivity index is 1.59. The van der Waals surface area contributed by atoms with Gasteiger partial charge in [0.15, 0.2) is 0 Å². The average Bonchev–Trinajstić information content (AvgIpc) is 2.61. The molecule has 0 fully saturated rings. The van der Waals surface area contributed by atoms with Gasteiger partial charge < -0.3 is 10.4 Å². The van der Waals surface area contributed by atoms with E-state index < -0.39 is 0 Å². The van der Waals surface area contributed by atoms with Crippen LogP contribution in [0.3, 0.4) is 0 Å². The summed E-state index contributed by atoms with van der Waals surface area (Å²) in [6.07, 6.45) is 0.769. The third-order valence-corrected chi connectivity index (χ3v) is 3.92. The van der Waals surface area contributed by atoms with Gasteiger partial charge in [-0.25, -0.2) is 0 Å². The van der Waals surface area contributed by atoms with E-state index in [0.717, 1.165) is 28.3 Å². The molecule has 0 aliphatic heterocycles. The zero-order valence-electron chi connectivity index (χ0n) is 12.8. The van der Waals surface area contributed by atoms with Crippen molar-refractivity contribution in [3.8, 4) is 0 Å². The molecular weight excluding hydrogens is 286 g/mol. The van der Waals surface area contributed by atoms with Crippen LogP contribution in [0.15, 0.2) is 66.7 Å². The summed E-state index contributed by atoms with van der Waals surface area (Å²) in [4.78, 5) is 12.2. The van der Waals surface area contributed by atoms with Crippen LogP contribution in [0.4, 0.5) is 0 Å². The molecule has 3 rings (SSSR count). The number of nitrogens with one attached hydrogen (secondary N) is 1. The highest BCUT2D eigenvalue weighted by Gasteiger charge is 2.05. The van der Waals surface area contributed by atoms with E-state index >= 15 is 0 Å². The number of rotatable bonds is 5. The van der Waals surface area contributed by atoms with Crippen LogP contribution < -0.4 is 5.32 Å². The number of aliphatic hydroxyl groups excluding tert-OH is 1. The molecule has 0 spiro atoms. The fourth-order valence-corrected chi connectivity index (χ4v) is 2.56. The number of hydrogen-bond donors (Lipinski definition) is 2. The summed E-state index contributed by atoms with van der Waals surface area (Å²) in [5.74, 6) is -0.0530. The zero-order valence-corrected chi connectivity index (χ0v) is 12.8. The molecule has 0 saturated heterocycles. The molecule has 3 nitrogen and oxygen atoms in total. The van der Waals surface area contributed by atoms with Gasteiger partial charge in [-0.1, -0.05) is 54.6 Å². The Morgan fingerprint density at radius 3 is 2.30 bits per heavy atom. The lowest BCUT2D eigenvalue weighted by Crippen LogP contribution is -2.25. The second-order valence-electron chi connectivity index (χ2n) is 5.54. The van der Waals surface area contributed by atoms with Crippen LogP contribution >= 0.6 is 0 Å². The van der Waals surface area contributed by atoms with Gasteiger partial charge in [-0.05, 0) is 40.5 Å². The maximum absolute atomic E-state index is 12.2. The first-order valence-corrected chi connectivity index (χ1v) is 7.72. The number of carbonyl (C=O) groups excluding carboxylic acids is 1. The monoisotopic (exact) mass is 305 g/mol. The minimum atomic E-state index is -0.0530. The van der Waals surface area contributed by atoms with E-state index in [1.807, 2.05) is 66.7 Å². The van der Waals surface area contributed by atoms with Gasteiger partial charge in [-0.2, -0.15) is 0 Å². The molecule has 3 aromatic carbocycles. The van der Waals surface area contributed by atoms with Gasteiger partial charge in [0.1, 0.15) is 0 Å². The van der Waals surface area contributed by atoms with Gasteiger partial charge in [0, 0.05) is 12.1 Å². The van der Waals surface area contributed by atoms with Crippen LogP contribution in [0.2, 0.25) is 0 Å². The average molecular weight is 305 g/mol. The predicted molar refractivity (Wildman–Crippen MR) is 92.4 cm³/mol. The van der Waals surface area contributed by atoms with E-state index in [1.54, 1.807) is 0 Å². The van der Waals surface area contributed by atoms with Gasteiger partial charge in [0.25, 0.3) is 5.91 Å². The summed E-state index contributed by atoms with van der Waals surface area (Å²) in [6, 6.07) is 21.5. The number of hydrogen-bond acceptors (Lipinski definition) is 2. The number of aliphatic hydroxyl groups is 1. The lowest BCUT2D eigenvalue weighted by atomic mass is 10.1. The molecule has 0 radical (unpaired) electrons. The molecule has 0 aromatic heterocycles. The quantitative estimate of drug-likeness (QED) is 0.760. The van der Waals surface area contributed by atoms with Crippen LogP contribution in [0.1, 0.15) is 21.5 Å². The Bertz CT molecular complexity index is 809. The van der Waals surface area contributed by atoms with Gasteiger partial charge in [-0.3, -0.25) is 4.79 Å². The minimum absolute atomic E-state index is 0.0530. The summed E-state index contributed by atoms with van der Waals surface area (Å²) in [7, 11) is 0. The van der Waals surface area contributed by atoms with Crippen molar-refractivity contribution in [3.05, 3.63) is 83.4 Å². The first-order valence-electron chi connectivity index (χ1n) is 7.72. The van der Waals surface area contributed by atoms with Crippen LogP contribution in [0.25, 0.3) is 10.8 Å². The highest BCUT2D eigenvalue weighted by Crippen LogP contribution is 2.15. The van der Waals surface area contributed by atoms with Gasteiger partial charge in [0.2, 0.25) is 0 Å². The molecular formula is C20H19NO2. The molecule has 0 bridgehead atoms. The number of fused-ring (bicyclic) bond motifs is 1. The normalized spacial score (nSPS) is 10.7. The molecule has 0 atom stereocenters. The van der Waals surface area contributed by atoms with Crippen LogP contribution in [-0.4, -0.2) is 17.6 Å². The topological polar surface area (TPSA) is 49.3 Å². The largest absolute Gasteiger partial charge is 0.392 e. The van der Waals surface area contributed by atoms with Gasteiger partial charge in [-0.15, -0.1) is 0 Å². The first-order chi connectivity index (χ1) is 11.3. The third-order valence-electron chi connectivity index (χ3n) is 3.92. The van der Waals surface area contributed by atoms with E-state index in [4.69, 9.17) is 5.11 Å². The Morgan fingerprint density at radius 2 is 1.57 bits per heavy atom. The van der Waals surface area contributed by atoms with E-state index in [9.17, 15) is 4.79 Å². The lowest BCUT2D eigenvalue weighted by molar-refractivity contribution is 0.0954. The van der Waals surface area contributed by atoms with Crippen molar-refractivity contribution in [2.24, 2.45) is 0 Å². The molecule has 1 amide bonds. The maximum Gasteiger partial charge on any atom is 0.251 e. The fourth-order valence-electron chi connectivity index (χ4n) is 2.56. The highest BCUT2D eigenvalue weighted by molar-refractivity contribution is 5.98. The summed E-state index contributed by atoms with van der Waals surface area (Å²) in [5.41, 5.74) is 2.72. The smallest absolute Gasteiger partial charge is 0.251 e. The first kappa shape index (κ1) is 15.3. The fraction of sp³-hybridized carbons (Fsp3) is 0.150. The van der Waals surface area contributed by atoms with Gasteiger partial charge >= 0.3 is 0 Å². The Labute approximate surface area is 135 Å². The van der Waals surface area contributed by atoms with E-state index in [-0.39, 0.29) is 12.5 Å². The Morgan fingerprint density at radius 1 is 0.870 bits per heavy atom. The van der Waals surface area contributed by atoms with E-state index in [0.29, 0.717) is 12.1 Å². The van der Waals surface area contributed by atoms with Crippen molar-refractivity contribution in [1.29, 1.82) is 0 Å². The van der Waals surface area contributed by atoms with Crippen molar-refractivity contribution in [3.63, 3.8) is 0 Å². The molecule has 0 saturated carbocycles. The van der Waals surface area contributed by atoms with Crippen molar-refractivity contribution < 1.29 is 9.90 Å². The Kier molecular flexibility index (Phi) is 4.69. The Hall–Kier alpha value is -2.65. The summed E-state index contributed by atoms with van der Waals surface area (Å²) in [6.45, 7) is 0.642. The molecule has 2 N–H and O–H groups in total. The van der Waals surface area contributed by atoms with Crippen LogP contribution in [0, 0.1) is 0 Å². The molecule has 0 aliphatic rings. The summed E-state index contributed by atoms with van der Waals surface area (Å²) in [5, 5.41) is 14.2. The van der Waals surface area contributed by atoms with E-state index in [2.05, 4.69) is 5.32 Å². The van der Waals surface area contributed by atoms with Crippen molar-refractivity contribution >= 4 is 16.7 Å². The molecule has 3 heteroatoms. The highest BCUT2D eigenvalue weighted by atomic mass is 16.3. The van der Waals surface area contributed by atoms with E-state index in [1.165, 1.54) is 0 Å². The number of carbonyl (C=O) groups is 1. The van der Waals surface area contributed by atoms with Crippen molar-refractivity contribution in [2.75, 3.05) is 6.54 Å². The molecule has 0 heterocycles. The summed E-state index contributed by atoms with van der Waals surface area (Å²) >= 11 is 0. The van der Waals surface area contributed by atoms with Crippen molar-refractivity contribution in [2.45, 2.75) is 13.0 Å². The molecule has 0 aliphatic carbocycles.